The molecule has 0 spiro atoms. The summed E-state index contributed by atoms with van der Waals surface area (Å²) >= 11 is 0. The van der Waals surface area contributed by atoms with Gasteiger partial charge >= 0.3 is 5.97 Å². The normalized spacial score (nSPS) is 11.3. The Balaban J connectivity index is 1.64. The maximum absolute atomic E-state index is 12.7. The van der Waals surface area contributed by atoms with Crippen molar-refractivity contribution in [1.82, 2.24) is 0 Å². The molecule has 3 rings (SSSR count). The first-order chi connectivity index (χ1) is 14.6. The molecule has 1 N–H and O–H groups in total. The van der Waals surface area contributed by atoms with Gasteiger partial charge in [0.1, 0.15) is 23.7 Å². The van der Waals surface area contributed by atoms with Crippen LogP contribution in [-0.2, 0) is 16.1 Å². The largest absolute Gasteiger partial charge is 0.495 e. The number of amides is 1. The molecular formula is C24H23NO5. The topological polar surface area (TPSA) is 73.9 Å². The lowest BCUT2D eigenvalue weighted by Crippen LogP contribution is -2.30. The predicted molar refractivity (Wildman–Crippen MR) is 114 cm³/mol. The summed E-state index contributed by atoms with van der Waals surface area (Å²) < 4.78 is 16.4. The van der Waals surface area contributed by atoms with E-state index in [1.165, 1.54) is 14.0 Å². The Bertz CT molecular complexity index is 1000. The summed E-state index contributed by atoms with van der Waals surface area (Å²) in [4.78, 5) is 25.1. The molecule has 0 saturated heterocycles. The predicted octanol–water partition coefficient (Wildman–Crippen LogP) is 4.46. The summed E-state index contributed by atoms with van der Waals surface area (Å²) in [5.41, 5.74) is 1.73. The number of hydrogen-bond acceptors (Lipinski definition) is 5. The quantitative estimate of drug-likeness (QED) is 0.560. The number of benzene rings is 3. The van der Waals surface area contributed by atoms with Gasteiger partial charge in [0.2, 0.25) is 0 Å². The molecule has 3 aromatic carbocycles. The lowest BCUT2D eigenvalue weighted by atomic mass is 10.2. The Labute approximate surface area is 175 Å². The molecule has 3 aromatic rings. The Morgan fingerprint density at radius 2 is 1.50 bits per heavy atom. The Morgan fingerprint density at radius 1 is 0.867 bits per heavy atom. The highest BCUT2D eigenvalue weighted by Gasteiger charge is 2.22. The van der Waals surface area contributed by atoms with Crippen molar-refractivity contribution in [3.63, 3.8) is 0 Å². The molecule has 0 bridgehead atoms. The van der Waals surface area contributed by atoms with Crippen molar-refractivity contribution in [2.75, 3.05) is 12.4 Å². The van der Waals surface area contributed by atoms with Crippen LogP contribution in [0, 0.1) is 0 Å². The van der Waals surface area contributed by atoms with E-state index in [2.05, 4.69) is 5.32 Å². The first-order valence-electron chi connectivity index (χ1n) is 9.49. The minimum absolute atomic E-state index is 0.255. The van der Waals surface area contributed by atoms with Crippen molar-refractivity contribution in [3.8, 4) is 11.5 Å². The first kappa shape index (κ1) is 20.9. The molecule has 6 nitrogen and oxygen atoms in total. The van der Waals surface area contributed by atoms with Crippen LogP contribution in [0.4, 0.5) is 5.69 Å². The summed E-state index contributed by atoms with van der Waals surface area (Å²) in [6.07, 6.45) is -1.01. The van der Waals surface area contributed by atoms with E-state index in [-0.39, 0.29) is 5.56 Å². The van der Waals surface area contributed by atoms with Crippen LogP contribution in [0.2, 0.25) is 0 Å². The monoisotopic (exact) mass is 405 g/mol. The number of ether oxygens (including phenoxy) is 3. The fourth-order valence-electron chi connectivity index (χ4n) is 2.76. The standard InChI is InChI=1S/C24H23NO5/c1-17(23(26)25-20-13-7-9-15-22(20)28-2)30-24(27)19-12-6-8-14-21(19)29-16-18-10-4-3-5-11-18/h3-15,17H,16H2,1-2H3,(H,25,26)/t17-/m0/s1. The molecule has 1 amide bonds. The third-order valence-corrected chi connectivity index (χ3v) is 4.36. The number of para-hydroxylation sites is 3. The number of rotatable bonds is 8. The molecule has 0 aliphatic heterocycles. The summed E-state index contributed by atoms with van der Waals surface area (Å²) in [5.74, 6) is -0.190. The van der Waals surface area contributed by atoms with Gasteiger partial charge in [-0.1, -0.05) is 54.6 Å². The van der Waals surface area contributed by atoms with Crippen LogP contribution < -0.4 is 14.8 Å². The molecule has 0 aromatic heterocycles. The fraction of sp³-hybridized carbons (Fsp3) is 0.167. The molecule has 1 atom stereocenters. The number of carbonyl (C=O) groups excluding carboxylic acids is 2. The van der Waals surface area contributed by atoms with Gasteiger partial charge in [-0.15, -0.1) is 0 Å². The minimum atomic E-state index is -1.01. The van der Waals surface area contributed by atoms with Gasteiger partial charge in [0.05, 0.1) is 12.8 Å². The highest BCUT2D eigenvalue weighted by molar-refractivity contribution is 5.99. The fourth-order valence-corrected chi connectivity index (χ4v) is 2.76. The van der Waals surface area contributed by atoms with Crippen molar-refractivity contribution >= 4 is 17.6 Å². The van der Waals surface area contributed by atoms with E-state index in [1.54, 1.807) is 48.5 Å². The average molecular weight is 405 g/mol. The molecule has 0 heterocycles. The van der Waals surface area contributed by atoms with Crippen molar-refractivity contribution in [2.24, 2.45) is 0 Å². The third kappa shape index (κ3) is 5.38. The van der Waals surface area contributed by atoms with Gasteiger partial charge in [-0.25, -0.2) is 4.79 Å². The number of methoxy groups -OCH3 is 1. The van der Waals surface area contributed by atoms with Crippen LogP contribution in [0.15, 0.2) is 78.9 Å². The van der Waals surface area contributed by atoms with E-state index in [0.29, 0.717) is 23.8 Å². The van der Waals surface area contributed by atoms with E-state index in [1.807, 2.05) is 30.3 Å². The molecule has 0 aliphatic rings. The van der Waals surface area contributed by atoms with Crippen LogP contribution in [0.1, 0.15) is 22.8 Å². The van der Waals surface area contributed by atoms with E-state index in [4.69, 9.17) is 14.2 Å². The number of nitrogens with one attached hydrogen (secondary N) is 1. The Morgan fingerprint density at radius 3 is 2.23 bits per heavy atom. The molecule has 154 valence electrons. The van der Waals surface area contributed by atoms with E-state index >= 15 is 0 Å². The van der Waals surface area contributed by atoms with Gasteiger partial charge in [0.25, 0.3) is 5.91 Å². The van der Waals surface area contributed by atoms with E-state index < -0.39 is 18.0 Å². The van der Waals surface area contributed by atoms with Crippen LogP contribution >= 0.6 is 0 Å². The highest BCUT2D eigenvalue weighted by Crippen LogP contribution is 2.24. The van der Waals surface area contributed by atoms with Crippen LogP contribution in [0.5, 0.6) is 11.5 Å². The Hall–Kier alpha value is -3.80. The van der Waals surface area contributed by atoms with Gasteiger partial charge in [0, 0.05) is 0 Å². The lowest BCUT2D eigenvalue weighted by molar-refractivity contribution is -0.123. The first-order valence-corrected chi connectivity index (χ1v) is 9.49. The maximum atomic E-state index is 12.7. The lowest BCUT2D eigenvalue weighted by Gasteiger charge is -2.16. The number of esters is 1. The second kappa shape index (κ2) is 10.1. The molecule has 0 aliphatic carbocycles. The highest BCUT2D eigenvalue weighted by atomic mass is 16.5. The zero-order valence-electron chi connectivity index (χ0n) is 16.8. The zero-order chi connectivity index (χ0) is 21.3. The van der Waals surface area contributed by atoms with Crippen molar-refractivity contribution in [3.05, 3.63) is 90.0 Å². The third-order valence-electron chi connectivity index (χ3n) is 4.36. The van der Waals surface area contributed by atoms with E-state index in [0.717, 1.165) is 5.56 Å². The van der Waals surface area contributed by atoms with Crippen molar-refractivity contribution < 1.29 is 23.8 Å². The Kier molecular flexibility index (Phi) is 7.05. The molecule has 30 heavy (non-hydrogen) atoms. The number of anilines is 1. The number of hydrogen-bond donors (Lipinski definition) is 1. The molecule has 6 heteroatoms. The van der Waals surface area contributed by atoms with Gasteiger partial charge in [-0.2, -0.15) is 0 Å². The maximum Gasteiger partial charge on any atom is 0.342 e. The molecule has 0 fully saturated rings. The number of carbonyl (C=O) groups is 2. The van der Waals surface area contributed by atoms with E-state index in [9.17, 15) is 9.59 Å². The summed E-state index contributed by atoms with van der Waals surface area (Å²) in [7, 11) is 1.51. The van der Waals surface area contributed by atoms with Gasteiger partial charge < -0.3 is 19.5 Å². The van der Waals surface area contributed by atoms with Crippen LogP contribution in [0.3, 0.4) is 0 Å². The summed E-state index contributed by atoms with van der Waals surface area (Å²) in [5, 5.41) is 2.71. The smallest absolute Gasteiger partial charge is 0.342 e. The SMILES string of the molecule is COc1ccccc1NC(=O)[C@H](C)OC(=O)c1ccccc1OCc1ccccc1. The van der Waals surface area contributed by atoms with Crippen LogP contribution in [-0.4, -0.2) is 25.1 Å². The van der Waals surface area contributed by atoms with Crippen molar-refractivity contribution in [2.45, 2.75) is 19.6 Å². The second-order valence-electron chi connectivity index (χ2n) is 6.51. The molecule has 0 radical (unpaired) electrons. The summed E-state index contributed by atoms with van der Waals surface area (Å²) in [6.45, 7) is 1.82. The zero-order valence-corrected chi connectivity index (χ0v) is 16.8. The second-order valence-corrected chi connectivity index (χ2v) is 6.51. The van der Waals surface area contributed by atoms with Crippen molar-refractivity contribution in [1.29, 1.82) is 0 Å². The summed E-state index contributed by atoms with van der Waals surface area (Å²) in [6, 6.07) is 23.4. The van der Waals surface area contributed by atoms with Crippen LogP contribution in [0.25, 0.3) is 0 Å². The minimum Gasteiger partial charge on any atom is -0.495 e. The van der Waals surface area contributed by atoms with Gasteiger partial charge in [-0.05, 0) is 36.8 Å². The molecular weight excluding hydrogens is 382 g/mol. The molecule has 0 saturated carbocycles. The molecule has 0 unspecified atom stereocenters. The average Bonchev–Trinajstić information content (AvgIpc) is 2.78. The van der Waals surface area contributed by atoms with Gasteiger partial charge in [-0.3, -0.25) is 4.79 Å². The van der Waals surface area contributed by atoms with Gasteiger partial charge in [0.15, 0.2) is 6.10 Å².